The highest BCUT2D eigenvalue weighted by Gasteiger charge is 2.26. The summed E-state index contributed by atoms with van der Waals surface area (Å²) in [5.41, 5.74) is 1.13. The SMILES string of the molecule is CNC1CCCN(C(C)c2nc(Cc3ccc(Cl)cc3)no2)C1.Cl. The van der Waals surface area contributed by atoms with Crippen LogP contribution in [0.5, 0.6) is 0 Å². The number of halogens is 2. The zero-order chi connectivity index (χ0) is 16.2. The van der Waals surface area contributed by atoms with Gasteiger partial charge >= 0.3 is 0 Å². The van der Waals surface area contributed by atoms with Crippen LogP contribution < -0.4 is 5.32 Å². The van der Waals surface area contributed by atoms with Crippen LogP contribution in [-0.4, -0.2) is 41.2 Å². The Kier molecular flexibility index (Phi) is 7.04. The zero-order valence-corrected chi connectivity index (χ0v) is 15.6. The van der Waals surface area contributed by atoms with E-state index in [1.54, 1.807) is 0 Å². The number of nitrogens with zero attached hydrogens (tertiary/aromatic N) is 3. The highest BCUT2D eigenvalue weighted by Crippen LogP contribution is 2.23. The van der Waals surface area contributed by atoms with E-state index < -0.39 is 0 Å². The lowest BCUT2D eigenvalue weighted by Gasteiger charge is -2.35. The molecule has 0 spiro atoms. The Morgan fingerprint density at radius 1 is 1.38 bits per heavy atom. The van der Waals surface area contributed by atoms with Crippen LogP contribution in [0.3, 0.4) is 0 Å². The molecule has 1 saturated heterocycles. The van der Waals surface area contributed by atoms with Gasteiger partial charge in [-0.2, -0.15) is 4.98 Å². The Morgan fingerprint density at radius 3 is 2.83 bits per heavy atom. The van der Waals surface area contributed by atoms with Crippen LogP contribution in [0.1, 0.15) is 43.1 Å². The van der Waals surface area contributed by atoms with Crippen LogP contribution in [0.15, 0.2) is 28.8 Å². The summed E-state index contributed by atoms with van der Waals surface area (Å²) in [4.78, 5) is 6.99. The molecule has 24 heavy (non-hydrogen) atoms. The number of nitrogens with one attached hydrogen (secondary N) is 1. The number of hydrogen-bond acceptors (Lipinski definition) is 5. The van der Waals surface area contributed by atoms with E-state index in [1.165, 1.54) is 12.8 Å². The fraction of sp³-hybridized carbons (Fsp3) is 0.529. The number of likely N-dealkylation sites (tertiary alicyclic amines) is 1. The zero-order valence-electron chi connectivity index (χ0n) is 14.0. The van der Waals surface area contributed by atoms with Crippen LogP contribution in [0.25, 0.3) is 0 Å². The van der Waals surface area contributed by atoms with Gasteiger partial charge in [0.15, 0.2) is 5.82 Å². The normalized spacial score (nSPS) is 19.7. The molecular weight excluding hydrogens is 347 g/mol. The molecule has 132 valence electrons. The molecule has 1 fully saturated rings. The van der Waals surface area contributed by atoms with E-state index >= 15 is 0 Å². The van der Waals surface area contributed by atoms with Gasteiger partial charge in [-0.25, -0.2) is 0 Å². The van der Waals surface area contributed by atoms with E-state index in [0.29, 0.717) is 18.4 Å². The van der Waals surface area contributed by atoms with Crippen LogP contribution >= 0.6 is 24.0 Å². The van der Waals surface area contributed by atoms with Crippen molar-refractivity contribution >= 4 is 24.0 Å². The molecule has 0 bridgehead atoms. The smallest absolute Gasteiger partial charge is 0.243 e. The molecule has 1 N–H and O–H groups in total. The summed E-state index contributed by atoms with van der Waals surface area (Å²) < 4.78 is 5.50. The summed E-state index contributed by atoms with van der Waals surface area (Å²) in [6.45, 7) is 4.23. The molecule has 0 aliphatic carbocycles. The van der Waals surface area contributed by atoms with Gasteiger partial charge in [0.1, 0.15) is 0 Å². The number of piperidine rings is 1. The predicted molar refractivity (Wildman–Crippen MR) is 97.9 cm³/mol. The fourth-order valence-electron chi connectivity index (χ4n) is 3.04. The van der Waals surface area contributed by atoms with Crippen LogP contribution in [0.2, 0.25) is 5.02 Å². The average Bonchev–Trinajstić information content (AvgIpc) is 3.05. The van der Waals surface area contributed by atoms with Gasteiger partial charge in [0.2, 0.25) is 5.89 Å². The number of likely N-dealkylation sites (N-methyl/N-ethyl adjacent to an activating group) is 1. The van der Waals surface area contributed by atoms with E-state index in [-0.39, 0.29) is 18.4 Å². The molecule has 5 nitrogen and oxygen atoms in total. The monoisotopic (exact) mass is 370 g/mol. The highest BCUT2D eigenvalue weighted by atomic mass is 35.5. The largest absolute Gasteiger partial charge is 0.338 e. The second kappa shape index (κ2) is 8.81. The first-order chi connectivity index (χ1) is 11.2. The van der Waals surface area contributed by atoms with E-state index in [9.17, 15) is 0 Å². The minimum absolute atomic E-state index is 0. The molecule has 2 aromatic rings. The highest BCUT2D eigenvalue weighted by molar-refractivity contribution is 6.30. The van der Waals surface area contributed by atoms with Crippen molar-refractivity contribution in [2.75, 3.05) is 20.1 Å². The van der Waals surface area contributed by atoms with Crippen molar-refractivity contribution in [1.29, 1.82) is 0 Å². The lowest BCUT2D eigenvalue weighted by atomic mass is 10.0. The summed E-state index contributed by atoms with van der Waals surface area (Å²) >= 11 is 5.91. The van der Waals surface area contributed by atoms with Crippen molar-refractivity contribution in [3.63, 3.8) is 0 Å². The van der Waals surface area contributed by atoms with Crippen molar-refractivity contribution < 1.29 is 4.52 Å². The van der Waals surface area contributed by atoms with Crippen molar-refractivity contribution in [2.24, 2.45) is 0 Å². The van der Waals surface area contributed by atoms with Crippen molar-refractivity contribution in [1.82, 2.24) is 20.4 Å². The van der Waals surface area contributed by atoms with Crippen molar-refractivity contribution in [3.05, 3.63) is 46.6 Å². The second-order valence-corrected chi connectivity index (χ2v) is 6.59. The molecule has 1 aliphatic heterocycles. The van der Waals surface area contributed by atoms with Gasteiger partial charge in [-0.3, -0.25) is 4.90 Å². The minimum atomic E-state index is 0. The molecule has 7 heteroatoms. The third kappa shape index (κ3) is 4.70. The maximum atomic E-state index is 5.91. The molecule has 0 saturated carbocycles. The lowest BCUT2D eigenvalue weighted by Crippen LogP contribution is -2.45. The summed E-state index contributed by atoms with van der Waals surface area (Å²) in [5, 5.41) is 8.23. The molecule has 2 atom stereocenters. The maximum Gasteiger partial charge on any atom is 0.243 e. The predicted octanol–water partition coefficient (Wildman–Crippen LogP) is 3.48. The first-order valence-corrected chi connectivity index (χ1v) is 8.51. The van der Waals surface area contributed by atoms with Crippen molar-refractivity contribution in [3.8, 4) is 0 Å². The number of benzene rings is 1. The topological polar surface area (TPSA) is 54.2 Å². The fourth-order valence-corrected chi connectivity index (χ4v) is 3.17. The third-order valence-electron chi connectivity index (χ3n) is 4.53. The van der Waals surface area contributed by atoms with Gasteiger partial charge in [-0.15, -0.1) is 12.4 Å². The Balaban J connectivity index is 0.00000208. The van der Waals surface area contributed by atoms with Gasteiger partial charge in [0, 0.05) is 24.0 Å². The standard InChI is InChI=1S/C17H23ClN4O.ClH/c1-12(22-9-3-4-15(11-22)19-2)17-20-16(21-23-17)10-13-5-7-14(18)8-6-13;/h5-8,12,15,19H,3-4,9-11H2,1-2H3;1H. The Hall–Kier alpha value is -1.14. The van der Waals surface area contributed by atoms with Crippen LogP contribution in [0, 0.1) is 0 Å². The van der Waals surface area contributed by atoms with Crippen molar-refractivity contribution in [2.45, 2.75) is 38.3 Å². The quantitative estimate of drug-likeness (QED) is 0.872. The maximum absolute atomic E-state index is 5.91. The summed E-state index contributed by atoms with van der Waals surface area (Å²) in [5.74, 6) is 1.42. The Bertz CT molecular complexity index is 632. The van der Waals surface area contributed by atoms with E-state index in [1.807, 2.05) is 31.3 Å². The lowest BCUT2D eigenvalue weighted by molar-refractivity contribution is 0.126. The number of rotatable bonds is 5. The van der Waals surface area contributed by atoms with Gasteiger partial charge < -0.3 is 9.84 Å². The summed E-state index contributed by atoms with van der Waals surface area (Å²) in [6, 6.07) is 8.44. The van der Waals surface area contributed by atoms with Gasteiger partial charge in [-0.05, 0) is 51.1 Å². The van der Waals surface area contributed by atoms with E-state index in [4.69, 9.17) is 16.1 Å². The molecule has 3 rings (SSSR count). The van der Waals surface area contributed by atoms with Gasteiger partial charge in [0.05, 0.1) is 6.04 Å². The first kappa shape index (κ1) is 19.2. The Morgan fingerprint density at radius 2 is 2.12 bits per heavy atom. The number of hydrogen-bond donors (Lipinski definition) is 1. The molecule has 0 radical (unpaired) electrons. The first-order valence-electron chi connectivity index (χ1n) is 8.14. The molecule has 1 aromatic heterocycles. The summed E-state index contributed by atoms with van der Waals surface area (Å²) in [7, 11) is 2.02. The third-order valence-corrected chi connectivity index (χ3v) is 4.78. The van der Waals surface area contributed by atoms with E-state index in [2.05, 4.69) is 27.3 Å². The molecule has 2 unspecified atom stereocenters. The molecule has 1 aliphatic rings. The van der Waals surface area contributed by atoms with E-state index in [0.717, 1.165) is 29.5 Å². The average molecular weight is 371 g/mol. The molecule has 0 amide bonds. The minimum Gasteiger partial charge on any atom is -0.338 e. The molecular formula is C17H24Cl2N4O. The molecule has 1 aromatic carbocycles. The summed E-state index contributed by atoms with van der Waals surface area (Å²) in [6.07, 6.45) is 3.08. The van der Waals surface area contributed by atoms with Gasteiger partial charge in [-0.1, -0.05) is 28.9 Å². The number of aromatic nitrogens is 2. The second-order valence-electron chi connectivity index (χ2n) is 6.15. The Labute approximate surface area is 154 Å². The van der Waals surface area contributed by atoms with Gasteiger partial charge in [0.25, 0.3) is 0 Å². The molecule has 2 heterocycles. The van der Waals surface area contributed by atoms with Crippen LogP contribution in [-0.2, 0) is 6.42 Å². The van der Waals surface area contributed by atoms with Crippen LogP contribution in [0.4, 0.5) is 0 Å².